The van der Waals surface area contributed by atoms with E-state index in [2.05, 4.69) is 28.5 Å². The van der Waals surface area contributed by atoms with Crippen LogP contribution in [-0.2, 0) is 0 Å². The van der Waals surface area contributed by atoms with Gasteiger partial charge in [-0.15, -0.1) is 5.10 Å². The SMILES string of the molecule is CCOc1ccc(-n2c(C)c(C)c3c2ncn2nc(-c4ccco4)nc32)cc1. The van der Waals surface area contributed by atoms with Gasteiger partial charge in [0.1, 0.15) is 12.1 Å². The minimum absolute atomic E-state index is 0.546. The van der Waals surface area contributed by atoms with Crippen molar-refractivity contribution in [2.45, 2.75) is 20.8 Å². The molecule has 0 aliphatic rings. The summed E-state index contributed by atoms with van der Waals surface area (Å²) in [5.41, 5.74) is 4.89. The van der Waals surface area contributed by atoms with Gasteiger partial charge in [0.05, 0.1) is 18.3 Å². The highest BCUT2D eigenvalue weighted by molar-refractivity contribution is 5.95. The van der Waals surface area contributed by atoms with Gasteiger partial charge in [0.25, 0.3) is 0 Å². The molecule has 0 saturated heterocycles. The molecule has 0 aliphatic carbocycles. The van der Waals surface area contributed by atoms with Gasteiger partial charge in [-0.1, -0.05) is 0 Å². The van der Waals surface area contributed by atoms with Crippen molar-refractivity contribution in [3.8, 4) is 23.0 Å². The molecule has 4 aromatic heterocycles. The monoisotopic (exact) mass is 373 g/mol. The Morgan fingerprint density at radius 3 is 2.61 bits per heavy atom. The molecule has 140 valence electrons. The summed E-state index contributed by atoms with van der Waals surface area (Å²) in [6.45, 7) is 6.80. The molecule has 0 unspecified atom stereocenters. The number of hydrogen-bond donors (Lipinski definition) is 0. The van der Waals surface area contributed by atoms with Crippen LogP contribution < -0.4 is 4.74 Å². The van der Waals surface area contributed by atoms with Gasteiger partial charge in [0, 0.05) is 11.4 Å². The average molecular weight is 373 g/mol. The Morgan fingerprint density at radius 2 is 1.89 bits per heavy atom. The molecule has 0 saturated carbocycles. The lowest BCUT2D eigenvalue weighted by Crippen LogP contribution is -1.99. The van der Waals surface area contributed by atoms with E-state index in [0.717, 1.165) is 39.4 Å². The molecule has 0 N–H and O–H groups in total. The molecule has 5 rings (SSSR count). The zero-order chi connectivity index (χ0) is 19.3. The Labute approximate surface area is 161 Å². The third kappa shape index (κ3) is 2.40. The van der Waals surface area contributed by atoms with Crippen LogP contribution in [0.3, 0.4) is 0 Å². The molecular formula is C21H19N5O2. The minimum atomic E-state index is 0.546. The third-order valence-corrected chi connectivity index (χ3v) is 4.98. The van der Waals surface area contributed by atoms with Gasteiger partial charge >= 0.3 is 0 Å². The lowest BCUT2D eigenvalue weighted by Gasteiger charge is -2.09. The summed E-state index contributed by atoms with van der Waals surface area (Å²) < 4.78 is 14.8. The molecular weight excluding hydrogens is 354 g/mol. The number of aromatic nitrogens is 5. The van der Waals surface area contributed by atoms with Crippen molar-refractivity contribution in [3.05, 3.63) is 60.2 Å². The molecule has 0 amide bonds. The number of nitrogens with zero attached hydrogens (tertiary/aromatic N) is 5. The number of fused-ring (bicyclic) bond motifs is 3. The number of aryl methyl sites for hydroxylation is 1. The van der Waals surface area contributed by atoms with E-state index in [1.165, 1.54) is 0 Å². The van der Waals surface area contributed by atoms with Crippen molar-refractivity contribution in [3.63, 3.8) is 0 Å². The van der Waals surface area contributed by atoms with E-state index in [9.17, 15) is 0 Å². The van der Waals surface area contributed by atoms with E-state index >= 15 is 0 Å². The van der Waals surface area contributed by atoms with Crippen LogP contribution in [0.2, 0.25) is 0 Å². The highest BCUT2D eigenvalue weighted by Crippen LogP contribution is 2.31. The summed E-state index contributed by atoms with van der Waals surface area (Å²) >= 11 is 0. The zero-order valence-electron chi connectivity index (χ0n) is 15.9. The van der Waals surface area contributed by atoms with Crippen molar-refractivity contribution in [1.82, 2.24) is 24.1 Å². The maximum Gasteiger partial charge on any atom is 0.217 e. The first-order chi connectivity index (χ1) is 13.7. The highest BCUT2D eigenvalue weighted by atomic mass is 16.5. The fraction of sp³-hybridized carbons (Fsp3) is 0.190. The van der Waals surface area contributed by atoms with Crippen molar-refractivity contribution in [1.29, 1.82) is 0 Å². The Balaban J connectivity index is 1.73. The summed E-state index contributed by atoms with van der Waals surface area (Å²) in [6, 6.07) is 11.7. The fourth-order valence-electron chi connectivity index (χ4n) is 3.54. The summed E-state index contributed by atoms with van der Waals surface area (Å²) in [5.74, 6) is 2.04. The summed E-state index contributed by atoms with van der Waals surface area (Å²) in [7, 11) is 0. The normalized spacial score (nSPS) is 11.5. The van der Waals surface area contributed by atoms with Crippen LogP contribution in [0.15, 0.2) is 53.4 Å². The second kappa shape index (κ2) is 6.23. The summed E-state index contributed by atoms with van der Waals surface area (Å²) in [5, 5.41) is 5.50. The molecule has 0 aliphatic heterocycles. The van der Waals surface area contributed by atoms with Gasteiger partial charge in [0.15, 0.2) is 17.1 Å². The second-order valence-electron chi connectivity index (χ2n) is 6.60. The fourth-order valence-corrected chi connectivity index (χ4v) is 3.54. The van der Waals surface area contributed by atoms with Crippen LogP contribution in [0, 0.1) is 13.8 Å². The molecule has 0 bridgehead atoms. The Hall–Kier alpha value is -3.61. The standard InChI is InChI=1S/C21H19N5O2/c1-4-27-16-9-7-15(8-10-16)26-14(3)13(2)18-20(26)22-12-25-21(18)23-19(24-25)17-6-5-11-28-17/h5-12H,4H2,1-3H3. The lowest BCUT2D eigenvalue weighted by molar-refractivity contribution is 0.340. The predicted octanol–water partition coefficient (Wildman–Crippen LogP) is 4.34. The Morgan fingerprint density at radius 1 is 1.07 bits per heavy atom. The number of furan rings is 1. The average Bonchev–Trinajstić information content (AvgIpc) is 3.42. The maximum absolute atomic E-state index is 5.56. The maximum atomic E-state index is 5.56. The van der Waals surface area contributed by atoms with E-state index in [1.807, 2.05) is 43.3 Å². The van der Waals surface area contributed by atoms with E-state index < -0.39 is 0 Å². The number of hydrogen-bond acceptors (Lipinski definition) is 5. The molecule has 0 atom stereocenters. The molecule has 1 aromatic carbocycles. The van der Waals surface area contributed by atoms with Crippen molar-refractivity contribution >= 4 is 16.7 Å². The topological polar surface area (TPSA) is 70.4 Å². The first kappa shape index (κ1) is 16.6. The molecule has 0 spiro atoms. The van der Waals surface area contributed by atoms with Gasteiger partial charge in [-0.3, -0.25) is 4.57 Å². The minimum Gasteiger partial charge on any atom is -0.494 e. The number of benzene rings is 1. The van der Waals surface area contributed by atoms with Gasteiger partial charge in [-0.25, -0.2) is 14.5 Å². The van der Waals surface area contributed by atoms with E-state index in [0.29, 0.717) is 18.2 Å². The van der Waals surface area contributed by atoms with E-state index in [-0.39, 0.29) is 0 Å². The number of ether oxygens (including phenoxy) is 1. The molecule has 0 radical (unpaired) electrons. The molecule has 7 nitrogen and oxygen atoms in total. The third-order valence-electron chi connectivity index (χ3n) is 4.98. The van der Waals surface area contributed by atoms with Crippen LogP contribution in [0.5, 0.6) is 5.75 Å². The first-order valence-corrected chi connectivity index (χ1v) is 9.17. The van der Waals surface area contributed by atoms with Crippen LogP contribution in [-0.4, -0.2) is 30.8 Å². The quantitative estimate of drug-likeness (QED) is 0.469. The Bertz CT molecular complexity index is 1280. The van der Waals surface area contributed by atoms with E-state index in [4.69, 9.17) is 14.1 Å². The molecule has 5 aromatic rings. The Kier molecular flexibility index (Phi) is 3.68. The van der Waals surface area contributed by atoms with Gasteiger partial charge < -0.3 is 9.15 Å². The zero-order valence-corrected chi connectivity index (χ0v) is 15.9. The summed E-state index contributed by atoms with van der Waals surface area (Å²) in [4.78, 5) is 9.40. The lowest BCUT2D eigenvalue weighted by atomic mass is 10.2. The van der Waals surface area contributed by atoms with Crippen LogP contribution in [0.1, 0.15) is 18.2 Å². The largest absolute Gasteiger partial charge is 0.494 e. The van der Waals surface area contributed by atoms with Gasteiger partial charge in [-0.2, -0.15) is 0 Å². The highest BCUT2D eigenvalue weighted by Gasteiger charge is 2.19. The molecule has 28 heavy (non-hydrogen) atoms. The second-order valence-corrected chi connectivity index (χ2v) is 6.60. The smallest absolute Gasteiger partial charge is 0.217 e. The summed E-state index contributed by atoms with van der Waals surface area (Å²) in [6.07, 6.45) is 3.31. The molecule has 4 heterocycles. The van der Waals surface area contributed by atoms with Crippen LogP contribution in [0.25, 0.3) is 34.0 Å². The van der Waals surface area contributed by atoms with Gasteiger partial charge in [0.2, 0.25) is 5.82 Å². The molecule has 7 heteroatoms. The van der Waals surface area contributed by atoms with Gasteiger partial charge in [-0.05, 0) is 62.7 Å². The molecule has 0 fully saturated rings. The van der Waals surface area contributed by atoms with Crippen LogP contribution in [0.4, 0.5) is 0 Å². The first-order valence-electron chi connectivity index (χ1n) is 9.17. The van der Waals surface area contributed by atoms with E-state index in [1.54, 1.807) is 17.1 Å². The number of rotatable bonds is 4. The predicted molar refractivity (Wildman–Crippen MR) is 106 cm³/mol. The van der Waals surface area contributed by atoms with Crippen molar-refractivity contribution in [2.24, 2.45) is 0 Å². The van der Waals surface area contributed by atoms with Crippen molar-refractivity contribution in [2.75, 3.05) is 6.61 Å². The van der Waals surface area contributed by atoms with Crippen LogP contribution >= 0.6 is 0 Å². The van der Waals surface area contributed by atoms with Crippen molar-refractivity contribution < 1.29 is 9.15 Å².